The quantitative estimate of drug-likeness (QED) is 0.662. The van der Waals surface area contributed by atoms with Crippen LogP contribution in [-0.4, -0.2) is 11.5 Å². The van der Waals surface area contributed by atoms with E-state index in [1.807, 2.05) is 38.1 Å². The van der Waals surface area contributed by atoms with Gasteiger partial charge in [0, 0.05) is 0 Å². The number of aryl methyl sites for hydroxylation is 1. The van der Waals surface area contributed by atoms with Crippen molar-refractivity contribution in [2.45, 2.75) is 19.9 Å². The molecule has 0 fully saturated rings. The zero-order valence-corrected chi connectivity index (χ0v) is 10.9. The summed E-state index contributed by atoms with van der Waals surface area (Å²) in [6.07, 6.45) is 0. The highest BCUT2D eigenvalue weighted by atomic mass is 16.6. The first kappa shape index (κ1) is 13.3. The monoisotopic (exact) mass is 260 g/mol. The summed E-state index contributed by atoms with van der Waals surface area (Å²) in [5.74, 6) is 0.322. The third kappa shape index (κ3) is 3.00. The molecule has 0 spiro atoms. The molecule has 0 aliphatic heterocycles. The highest BCUT2D eigenvalue weighted by Gasteiger charge is 2.20. The van der Waals surface area contributed by atoms with Gasteiger partial charge >= 0.3 is 5.88 Å². The first-order valence-corrected chi connectivity index (χ1v) is 6.16. The lowest BCUT2D eigenvalue weighted by atomic mass is 10.0. The first-order chi connectivity index (χ1) is 9.11. The van der Waals surface area contributed by atoms with Crippen LogP contribution in [0, 0.1) is 17.0 Å². The Morgan fingerprint density at radius 2 is 1.95 bits per heavy atom. The molecule has 0 bridgehead atoms. The lowest BCUT2D eigenvalue weighted by Gasteiger charge is -2.15. The first-order valence-electron chi connectivity index (χ1n) is 6.16. The molecule has 1 aromatic heterocycles. The SMILES string of the molecule is CCNC(c1ccc(C)cc1)c1ccc([N+](=O)[O-])o1. The zero-order valence-electron chi connectivity index (χ0n) is 10.9. The van der Waals surface area contributed by atoms with Crippen LogP contribution in [0.2, 0.25) is 0 Å². The second kappa shape index (κ2) is 5.67. The highest BCUT2D eigenvalue weighted by molar-refractivity contribution is 5.31. The fraction of sp³-hybridized carbons (Fsp3) is 0.286. The van der Waals surface area contributed by atoms with Crippen molar-refractivity contribution in [3.8, 4) is 0 Å². The van der Waals surface area contributed by atoms with Crippen molar-refractivity contribution in [2.24, 2.45) is 0 Å². The molecule has 1 aromatic carbocycles. The summed E-state index contributed by atoms with van der Waals surface area (Å²) >= 11 is 0. The Labute approximate surface area is 111 Å². The summed E-state index contributed by atoms with van der Waals surface area (Å²) in [4.78, 5) is 10.1. The van der Waals surface area contributed by atoms with E-state index in [4.69, 9.17) is 4.42 Å². The maximum Gasteiger partial charge on any atom is 0.433 e. The zero-order chi connectivity index (χ0) is 13.8. The van der Waals surface area contributed by atoms with Crippen LogP contribution >= 0.6 is 0 Å². The summed E-state index contributed by atoms with van der Waals surface area (Å²) in [7, 11) is 0. The Kier molecular flexibility index (Phi) is 3.97. The number of benzene rings is 1. The van der Waals surface area contributed by atoms with E-state index in [-0.39, 0.29) is 11.9 Å². The molecule has 0 amide bonds. The highest BCUT2D eigenvalue weighted by Crippen LogP contribution is 2.27. The predicted octanol–water partition coefficient (Wildman–Crippen LogP) is 3.20. The van der Waals surface area contributed by atoms with Crippen LogP contribution in [0.25, 0.3) is 0 Å². The Hall–Kier alpha value is -2.14. The normalized spacial score (nSPS) is 12.3. The standard InChI is InChI=1S/C14H16N2O3/c1-3-15-14(11-6-4-10(2)5-7-11)12-8-9-13(19-12)16(17)18/h4-9,14-15H,3H2,1-2H3. The number of rotatable bonds is 5. The van der Waals surface area contributed by atoms with Gasteiger partial charge < -0.3 is 9.73 Å². The molecule has 19 heavy (non-hydrogen) atoms. The van der Waals surface area contributed by atoms with Crippen LogP contribution in [-0.2, 0) is 0 Å². The number of nitro groups is 1. The van der Waals surface area contributed by atoms with E-state index in [9.17, 15) is 10.1 Å². The molecule has 0 aliphatic rings. The molecular formula is C14H16N2O3. The van der Waals surface area contributed by atoms with Gasteiger partial charge in [0.2, 0.25) is 0 Å². The third-order valence-electron chi connectivity index (χ3n) is 2.90. The van der Waals surface area contributed by atoms with Crippen molar-refractivity contribution in [2.75, 3.05) is 6.54 Å². The molecule has 0 saturated heterocycles. The van der Waals surface area contributed by atoms with Crippen molar-refractivity contribution >= 4 is 5.88 Å². The van der Waals surface area contributed by atoms with Gasteiger partial charge in [0.05, 0.1) is 12.1 Å². The minimum Gasteiger partial charge on any atom is -0.404 e. The van der Waals surface area contributed by atoms with Crippen LogP contribution in [0.3, 0.4) is 0 Å². The van der Waals surface area contributed by atoms with E-state index in [1.54, 1.807) is 6.07 Å². The summed E-state index contributed by atoms with van der Waals surface area (Å²) in [6, 6.07) is 10.9. The largest absolute Gasteiger partial charge is 0.433 e. The smallest absolute Gasteiger partial charge is 0.404 e. The number of nitrogens with zero attached hydrogens (tertiary/aromatic N) is 1. The minimum absolute atomic E-state index is 0.167. The maximum absolute atomic E-state index is 10.7. The molecule has 0 saturated carbocycles. The fourth-order valence-electron chi connectivity index (χ4n) is 1.94. The molecule has 5 heteroatoms. The lowest BCUT2D eigenvalue weighted by molar-refractivity contribution is -0.402. The Balaban J connectivity index is 2.33. The fourth-order valence-corrected chi connectivity index (χ4v) is 1.94. The molecule has 5 nitrogen and oxygen atoms in total. The van der Waals surface area contributed by atoms with Gasteiger partial charge in [0.1, 0.15) is 10.7 Å². The van der Waals surface area contributed by atoms with E-state index >= 15 is 0 Å². The molecule has 1 N–H and O–H groups in total. The Morgan fingerprint density at radius 1 is 1.26 bits per heavy atom. The van der Waals surface area contributed by atoms with Gasteiger partial charge in [-0.15, -0.1) is 0 Å². The second-order valence-corrected chi connectivity index (χ2v) is 4.33. The van der Waals surface area contributed by atoms with Gasteiger partial charge in [0.15, 0.2) is 0 Å². The van der Waals surface area contributed by atoms with E-state index < -0.39 is 4.92 Å². The van der Waals surface area contributed by atoms with Crippen molar-refractivity contribution in [3.05, 3.63) is 63.4 Å². The number of hydrogen-bond donors (Lipinski definition) is 1. The number of furan rings is 1. The van der Waals surface area contributed by atoms with E-state index in [0.717, 1.165) is 12.1 Å². The maximum atomic E-state index is 10.7. The summed E-state index contributed by atoms with van der Waals surface area (Å²) < 4.78 is 5.28. The van der Waals surface area contributed by atoms with Gasteiger partial charge in [-0.1, -0.05) is 36.8 Å². The van der Waals surface area contributed by atoms with E-state index in [0.29, 0.717) is 5.76 Å². The van der Waals surface area contributed by atoms with Crippen molar-refractivity contribution in [1.29, 1.82) is 0 Å². The Bertz CT molecular complexity index is 560. The van der Waals surface area contributed by atoms with Crippen molar-refractivity contribution in [3.63, 3.8) is 0 Å². The van der Waals surface area contributed by atoms with Gasteiger partial charge in [0.25, 0.3) is 0 Å². The molecule has 100 valence electrons. The molecule has 0 radical (unpaired) electrons. The minimum atomic E-state index is -0.526. The average Bonchev–Trinajstić information content (AvgIpc) is 2.87. The van der Waals surface area contributed by atoms with E-state index in [2.05, 4.69) is 5.32 Å². The molecule has 2 rings (SSSR count). The molecule has 1 atom stereocenters. The average molecular weight is 260 g/mol. The summed E-state index contributed by atoms with van der Waals surface area (Å²) in [5, 5.41) is 13.9. The second-order valence-electron chi connectivity index (χ2n) is 4.33. The van der Waals surface area contributed by atoms with Gasteiger partial charge in [-0.25, -0.2) is 0 Å². The van der Waals surface area contributed by atoms with Crippen molar-refractivity contribution in [1.82, 2.24) is 5.32 Å². The van der Waals surface area contributed by atoms with Crippen molar-refractivity contribution < 1.29 is 9.34 Å². The summed E-state index contributed by atoms with van der Waals surface area (Å²) in [5.41, 5.74) is 2.20. The number of hydrogen-bond acceptors (Lipinski definition) is 4. The van der Waals surface area contributed by atoms with Gasteiger partial charge in [-0.05, 0) is 25.1 Å². The molecule has 1 unspecified atom stereocenters. The topological polar surface area (TPSA) is 68.3 Å². The number of nitrogens with one attached hydrogen (secondary N) is 1. The lowest BCUT2D eigenvalue weighted by Crippen LogP contribution is -2.21. The molecular weight excluding hydrogens is 244 g/mol. The van der Waals surface area contributed by atoms with E-state index in [1.165, 1.54) is 11.6 Å². The Morgan fingerprint density at radius 3 is 2.47 bits per heavy atom. The van der Waals surface area contributed by atoms with Gasteiger partial charge in [-0.3, -0.25) is 10.1 Å². The van der Waals surface area contributed by atoms with Crippen LogP contribution in [0.5, 0.6) is 0 Å². The summed E-state index contributed by atoms with van der Waals surface area (Å²) in [6.45, 7) is 4.75. The van der Waals surface area contributed by atoms with Gasteiger partial charge in [-0.2, -0.15) is 0 Å². The molecule has 0 aliphatic carbocycles. The third-order valence-corrected chi connectivity index (χ3v) is 2.90. The van der Waals surface area contributed by atoms with Crippen LogP contribution in [0.15, 0.2) is 40.8 Å². The van der Waals surface area contributed by atoms with Crippen LogP contribution in [0.4, 0.5) is 5.88 Å². The predicted molar refractivity (Wildman–Crippen MR) is 72.1 cm³/mol. The van der Waals surface area contributed by atoms with Crippen LogP contribution in [0.1, 0.15) is 29.9 Å². The molecule has 2 aromatic rings. The molecule has 1 heterocycles. The van der Waals surface area contributed by atoms with Crippen LogP contribution < -0.4 is 5.32 Å².